The third kappa shape index (κ3) is 3.20. The van der Waals surface area contributed by atoms with Gasteiger partial charge in [-0.15, -0.1) is 0 Å². The van der Waals surface area contributed by atoms with Crippen LogP contribution in [0.5, 0.6) is 0 Å². The predicted molar refractivity (Wildman–Crippen MR) is 109 cm³/mol. The first-order valence-electron chi connectivity index (χ1n) is 7.90. The van der Waals surface area contributed by atoms with E-state index in [1.807, 2.05) is 6.08 Å². The van der Waals surface area contributed by atoms with Crippen LogP contribution >= 0.6 is 22.6 Å². The molecule has 0 radical (unpaired) electrons. The molecule has 116 valence electrons. The zero-order valence-corrected chi connectivity index (χ0v) is 15.8. The number of benzene rings is 2. The van der Waals surface area contributed by atoms with Crippen LogP contribution < -0.4 is 0 Å². The summed E-state index contributed by atoms with van der Waals surface area (Å²) in [6.07, 6.45) is 7.25. The van der Waals surface area contributed by atoms with Crippen molar-refractivity contribution in [3.8, 4) is 11.1 Å². The van der Waals surface area contributed by atoms with Crippen LogP contribution in [0.2, 0.25) is 0 Å². The van der Waals surface area contributed by atoms with Gasteiger partial charge in [0.1, 0.15) is 0 Å². The van der Waals surface area contributed by atoms with Crippen LogP contribution in [0.4, 0.5) is 0 Å². The van der Waals surface area contributed by atoms with Gasteiger partial charge in [0.15, 0.2) is 0 Å². The summed E-state index contributed by atoms with van der Waals surface area (Å²) in [7, 11) is 0. The maximum Gasteiger partial charge on any atom is 0.0130 e. The second-order valence-electron chi connectivity index (χ2n) is 6.50. The van der Waals surface area contributed by atoms with Crippen LogP contribution in [-0.2, 0) is 11.8 Å². The molecule has 0 nitrogen and oxygen atoms in total. The molecule has 0 aliphatic heterocycles. The molecular weight excluding hydrogens is 391 g/mol. The van der Waals surface area contributed by atoms with Crippen LogP contribution in [-0.4, -0.2) is 0 Å². The highest BCUT2D eigenvalue weighted by molar-refractivity contribution is 14.1. The van der Waals surface area contributed by atoms with Gasteiger partial charge in [-0.3, -0.25) is 0 Å². The van der Waals surface area contributed by atoms with E-state index in [-0.39, 0.29) is 5.41 Å². The maximum absolute atomic E-state index is 3.79. The average Bonchev–Trinajstić information content (AvgIpc) is 2.79. The molecule has 0 fully saturated rings. The summed E-state index contributed by atoms with van der Waals surface area (Å²) in [5.74, 6) is 0. The summed E-state index contributed by atoms with van der Waals surface area (Å²) >= 11 is 2.38. The van der Waals surface area contributed by atoms with Crippen molar-refractivity contribution in [2.45, 2.75) is 25.7 Å². The lowest BCUT2D eigenvalue weighted by atomic mass is 9.81. The normalized spacial score (nSPS) is 18.0. The van der Waals surface area contributed by atoms with Crippen molar-refractivity contribution in [1.82, 2.24) is 0 Å². The molecular formula is C22H21I. The van der Waals surface area contributed by atoms with Crippen molar-refractivity contribution in [1.29, 1.82) is 0 Å². The molecule has 1 aliphatic carbocycles. The minimum Gasteiger partial charge on any atom is -0.0990 e. The summed E-state index contributed by atoms with van der Waals surface area (Å²) in [6.45, 7) is 8.45. The molecule has 0 heterocycles. The molecule has 1 aliphatic rings. The first-order chi connectivity index (χ1) is 11.0. The van der Waals surface area contributed by atoms with Gasteiger partial charge < -0.3 is 0 Å². The molecule has 0 N–H and O–H groups in total. The molecule has 0 atom stereocenters. The van der Waals surface area contributed by atoms with Gasteiger partial charge in [0.2, 0.25) is 0 Å². The van der Waals surface area contributed by atoms with E-state index in [0.717, 1.165) is 6.42 Å². The fourth-order valence-electron chi connectivity index (χ4n) is 3.28. The average molecular weight is 412 g/mol. The first-order valence-corrected chi connectivity index (χ1v) is 8.98. The van der Waals surface area contributed by atoms with Crippen molar-refractivity contribution < 1.29 is 0 Å². The van der Waals surface area contributed by atoms with E-state index in [0.29, 0.717) is 0 Å². The molecule has 1 heteroatoms. The summed E-state index contributed by atoms with van der Waals surface area (Å²) in [5.41, 5.74) is 7.03. The molecule has 0 unspecified atom stereocenters. The van der Waals surface area contributed by atoms with E-state index < -0.39 is 0 Å². The topological polar surface area (TPSA) is 0 Å². The van der Waals surface area contributed by atoms with Gasteiger partial charge in [0, 0.05) is 8.99 Å². The van der Waals surface area contributed by atoms with Crippen LogP contribution in [0, 0.1) is 0 Å². The Balaban J connectivity index is 2.04. The third-order valence-electron chi connectivity index (χ3n) is 4.66. The summed E-state index contributed by atoms with van der Waals surface area (Å²) < 4.78 is 1.23. The van der Waals surface area contributed by atoms with Crippen molar-refractivity contribution >= 4 is 22.6 Å². The Labute approximate surface area is 152 Å². The van der Waals surface area contributed by atoms with Crippen molar-refractivity contribution in [3.05, 3.63) is 93.6 Å². The summed E-state index contributed by atoms with van der Waals surface area (Å²) in [6, 6.07) is 17.5. The highest BCUT2D eigenvalue weighted by Gasteiger charge is 2.34. The van der Waals surface area contributed by atoms with E-state index >= 15 is 0 Å². The molecule has 2 aromatic rings. The Bertz CT molecular complexity index is 792. The number of halogens is 1. The number of hydrogen-bond acceptors (Lipinski definition) is 0. The van der Waals surface area contributed by atoms with Gasteiger partial charge in [0.05, 0.1) is 0 Å². The monoisotopic (exact) mass is 412 g/mol. The van der Waals surface area contributed by atoms with Crippen LogP contribution in [0.25, 0.3) is 11.1 Å². The van der Waals surface area contributed by atoms with Crippen LogP contribution in [0.15, 0.2) is 82.5 Å². The van der Waals surface area contributed by atoms with E-state index in [4.69, 9.17) is 0 Å². The minimum absolute atomic E-state index is 0.0750. The smallest absolute Gasteiger partial charge is 0.0130 e. The standard InChI is InChI=1S/C22H21I/c1-4-8-20(23)15-19-13-18-12-11-17(14-21(18)22(19,2)3)16-9-6-5-7-10-16/h4-12,14-15H,1,13H2,2-3H3/b19-15+,20-8+. The Kier molecular flexibility index (Phi) is 4.58. The molecule has 0 saturated heterocycles. The molecule has 2 aromatic carbocycles. The highest BCUT2D eigenvalue weighted by Crippen LogP contribution is 2.44. The molecule has 0 amide bonds. The van der Waals surface area contributed by atoms with Gasteiger partial charge in [-0.2, -0.15) is 0 Å². The van der Waals surface area contributed by atoms with Gasteiger partial charge in [-0.1, -0.05) is 74.5 Å². The van der Waals surface area contributed by atoms with E-state index in [1.165, 1.54) is 31.4 Å². The fourth-order valence-corrected chi connectivity index (χ4v) is 3.91. The van der Waals surface area contributed by atoms with Crippen molar-refractivity contribution in [2.24, 2.45) is 0 Å². The molecule has 23 heavy (non-hydrogen) atoms. The zero-order valence-electron chi connectivity index (χ0n) is 13.6. The fraction of sp³-hybridized carbons (Fsp3) is 0.182. The maximum atomic E-state index is 3.79. The lowest BCUT2D eigenvalue weighted by Crippen LogP contribution is -2.15. The van der Waals surface area contributed by atoms with Gasteiger partial charge >= 0.3 is 0 Å². The second kappa shape index (κ2) is 6.48. The van der Waals surface area contributed by atoms with Gasteiger partial charge in [-0.25, -0.2) is 0 Å². The van der Waals surface area contributed by atoms with Gasteiger partial charge in [0.25, 0.3) is 0 Å². The minimum atomic E-state index is 0.0750. The van der Waals surface area contributed by atoms with Crippen molar-refractivity contribution in [2.75, 3.05) is 0 Å². The predicted octanol–water partition coefficient (Wildman–Crippen LogP) is 6.62. The molecule has 0 saturated carbocycles. The van der Waals surface area contributed by atoms with Gasteiger partial charge in [-0.05, 0) is 69.5 Å². The number of hydrogen-bond donors (Lipinski definition) is 0. The molecule has 0 spiro atoms. The van der Waals surface area contributed by atoms with Crippen molar-refractivity contribution in [3.63, 3.8) is 0 Å². The Hall–Kier alpha value is -1.61. The number of fused-ring (bicyclic) bond motifs is 1. The summed E-state index contributed by atoms with van der Waals surface area (Å²) in [4.78, 5) is 0. The van der Waals surface area contributed by atoms with Crippen LogP contribution in [0.1, 0.15) is 25.0 Å². The molecule has 3 rings (SSSR count). The lowest BCUT2D eigenvalue weighted by Gasteiger charge is -2.22. The number of allylic oxidation sites excluding steroid dienone is 5. The quantitative estimate of drug-likeness (QED) is 0.393. The summed E-state index contributed by atoms with van der Waals surface area (Å²) in [5, 5.41) is 0. The highest BCUT2D eigenvalue weighted by atomic mass is 127. The van der Waals surface area contributed by atoms with E-state index in [1.54, 1.807) is 0 Å². The van der Waals surface area contributed by atoms with E-state index in [9.17, 15) is 0 Å². The molecule has 0 bridgehead atoms. The largest absolute Gasteiger partial charge is 0.0990 e. The second-order valence-corrected chi connectivity index (χ2v) is 7.74. The zero-order chi connectivity index (χ0) is 16.4. The Morgan fingerprint density at radius 1 is 1.09 bits per heavy atom. The van der Waals surface area contributed by atoms with Crippen LogP contribution in [0.3, 0.4) is 0 Å². The number of rotatable bonds is 3. The molecule has 0 aromatic heterocycles. The first kappa shape index (κ1) is 16.3. The Morgan fingerprint density at radius 2 is 1.83 bits per heavy atom. The van der Waals surface area contributed by atoms with E-state index in [2.05, 4.69) is 104 Å². The lowest BCUT2D eigenvalue weighted by molar-refractivity contribution is 0.644. The SMILES string of the molecule is C=C/C=C(I)\C=C1/Cc2ccc(-c3ccccc3)cc2C1(C)C. The third-order valence-corrected chi connectivity index (χ3v) is 5.33. The Morgan fingerprint density at radius 3 is 2.52 bits per heavy atom.